The van der Waals surface area contributed by atoms with Crippen LogP contribution in [0.2, 0.25) is 0 Å². The van der Waals surface area contributed by atoms with Crippen molar-refractivity contribution in [2.45, 2.75) is 51.2 Å². The number of piperazine rings is 1. The maximum Gasteiger partial charge on any atom is 0.216 e. The van der Waals surface area contributed by atoms with Crippen LogP contribution in [0.1, 0.15) is 54.8 Å². The average molecular weight is 422 g/mol. The molecule has 3 aliphatic rings. The molecule has 2 unspecified atom stereocenters. The number of nitrogens with zero attached hydrogens (tertiary/aromatic N) is 3. The van der Waals surface area contributed by atoms with Gasteiger partial charge in [0.1, 0.15) is 0 Å². The molecule has 2 aromatic rings. The standard InChI is InChI=1S/C26H35N3O2/c1-2-11-27-13-15-28(16-14-27)22-8-9-23-21-10-12-29(25(17-21)24(23)18-22)26(30)31-19-20-6-4-3-5-7-20/h3-9,18,21,25-26,30H,2,10-17,19H2,1H3/t21-,25?,26?/m1/s1. The molecule has 166 valence electrons. The topological polar surface area (TPSA) is 39.2 Å². The first kappa shape index (κ1) is 21.0. The SMILES string of the molecule is CCCN1CCN(c2ccc3c(c2)C2C[C@H]3CCN2C(O)OCc2ccccc2)CC1. The number of piperidine rings is 1. The van der Waals surface area contributed by atoms with E-state index in [9.17, 15) is 5.11 Å². The molecule has 0 radical (unpaired) electrons. The van der Waals surface area contributed by atoms with Gasteiger partial charge in [0, 0.05) is 44.5 Å². The fourth-order valence-electron chi connectivity index (χ4n) is 5.64. The molecule has 0 amide bonds. The van der Waals surface area contributed by atoms with Crippen LogP contribution in [0.15, 0.2) is 48.5 Å². The minimum Gasteiger partial charge on any atom is -0.369 e. The quantitative estimate of drug-likeness (QED) is 0.686. The second-order valence-electron chi connectivity index (χ2n) is 9.24. The Morgan fingerprint density at radius 1 is 1.00 bits per heavy atom. The van der Waals surface area contributed by atoms with Gasteiger partial charge in [-0.2, -0.15) is 0 Å². The molecule has 2 heterocycles. The van der Waals surface area contributed by atoms with Gasteiger partial charge < -0.3 is 14.7 Å². The molecule has 0 aromatic heterocycles. The van der Waals surface area contributed by atoms with Gasteiger partial charge in [-0.25, -0.2) is 4.90 Å². The van der Waals surface area contributed by atoms with Crippen LogP contribution in [-0.4, -0.2) is 60.6 Å². The highest BCUT2D eigenvalue weighted by atomic mass is 16.6. The van der Waals surface area contributed by atoms with Gasteiger partial charge in [0.05, 0.1) is 6.61 Å². The summed E-state index contributed by atoms with van der Waals surface area (Å²) in [6.07, 6.45) is 2.55. The zero-order chi connectivity index (χ0) is 21.2. The molecule has 1 N–H and O–H groups in total. The van der Waals surface area contributed by atoms with E-state index < -0.39 is 6.41 Å². The third-order valence-electron chi connectivity index (χ3n) is 7.32. The van der Waals surface area contributed by atoms with E-state index >= 15 is 0 Å². The number of fused-ring (bicyclic) bond motifs is 5. The molecular formula is C26H35N3O2. The van der Waals surface area contributed by atoms with Gasteiger partial charge in [0.2, 0.25) is 6.41 Å². The summed E-state index contributed by atoms with van der Waals surface area (Å²) in [6, 6.07) is 17.4. The van der Waals surface area contributed by atoms with E-state index in [0.29, 0.717) is 12.5 Å². The Kier molecular flexibility index (Phi) is 6.28. The molecule has 2 aromatic carbocycles. The molecule has 5 rings (SSSR count). The lowest BCUT2D eigenvalue weighted by atomic mass is 9.95. The van der Waals surface area contributed by atoms with Crippen molar-refractivity contribution in [2.24, 2.45) is 0 Å². The third-order valence-corrected chi connectivity index (χ3v) is 7.32. The van der Waals surface area contributed by atoms with Crippen LogP contribution < -0.4 is 4.90 Å². The Bertz CT molecular complexity index is 866. The number of likely N-dealkylation sites (tertiary alicyclic amines) is 1. The van der Waals surface area contributed by atoms with E-state index in [1.807, 2.05) is 30.3 Å². The largest absolute Gasteiger partial charge is 0.369 e. The predicted molar refractivity (Wildman–Crippen MR) is 124 cm³/mol. The highest BCUT2D eigenvalue weighted by Gasteiger charge is 2.41. The van der Waals surface area contributed by atoms with Gasteiger partial charge in [0.15, 0.2) is 0 Å². The van der Waals surface area contributed by atoms with Crippen LogP contribution in [0.5, 0.6) is 0 Å². The lowest BCUT2D eigenvalue weighted by Crippen LogP contribution is -2.46. The predicted octanol–water partition coefficient (Wildman–Crippen LogP) is 3.95. The van der Waals surface area contributed by atoms with Crippen molar-refractivity contribution >= 4 is 5.69 Å². The lowest BCUT2D eigenvalue weighted by Gasteiger charge is -2.37. The molecule has 2 bridgehead atoms. The van der Waals surface area contributed by atoms with Crippen LogP contribution in [-0.2, 0) is 11.3 Å². The highest BCUT2D eigenvalue weighted by molar-refractivity contribution is 5.55. The molecule has 0 spiro atoms. The van der Waals surface area contributed by atoms with Gasteiger partial charge in [0.25, 0.3) is 0 Å². The first-order valence-corrected chi connectivity index (χ1v) is 11.9. The molecule has 5 nitrogen and oxygen atoms in total. The van der Waals surface area contributed by atoms with Crippen LogP contribution in [0, 0.1) is 0 Å². The maximum atomic E-state index is 10.9. The molecule has 3 atom stereocenters. The second kappa shape index (κ2) is 9.29. The zero-order valence-electron chi connectivity index (χ0n) is 18.6. The summed E-state index contributed by atoms with van der Waals surface area (Å²) in [7, 11) is 0. The fourth-order valence-corrected chi connectivity index (χ4v) is 5.64. The lowest BCUT2D eigenvalue weighted by molar-refractivity contribution is -0.217. The summed E-state index contributed by atoms with van der Waals surface area (Å²) >= 11 is 0. The summed E-state index contributed by atoms with van der Waals surface area (Å²) < 4.78 is 5.88. The van der Waals surface area contributed by atoms with Gasteiger partial charge >= 0.3 is 0 Å². The summed E-state index contributed by atoms with van der Waals surface area (Å²) in [4.78, 5) is 7.26. The zero-order valence-corrected chi connectivity index (χ0v) is 18.6. The molecule has 31 heavy (non-hydrogen) atoms. The van der Waals surface area contributed by atoms with E-state index in [4.69, 9.17) is 4.74 Å². The van der Waals surface area contributed by atoms with Gasteiger partial charge in [-0.3, -0.25) is 4.90 Å². The summed E-state index contributed by atoms with van der Waals surface area (Å²) in [5.41, 5.74) is 5.31. The molecule has 0 saturated carbocycles. The van der Waals surface area contributed by atoms with Crippen LogP contribution >= 0.6 is 0 Å². The van der Waals surface area contributed by atoms with E-state index in [1.165, 1.54) is 29.8 Å². The van der Waals surface area contributed by atoms with Gasteiger partial charge in [-0.05, 0) is 60.5 Å². The Hall–Kier alpha value is -1.92. The van der Waals surface area contributed by atoms with Crippen molar-refractivity contribution in [2.75, 3.05) is 44.2 Å². The number of aliphatic hydroxyl groups excluding tert-OH is 1. The molecule has 2 fully saturated rings. The van der Waals surface area contributed by atoms with Crippen molar-refractivity contribution in [3.05, 3.63) is 65.2 Å². The summed E-state index contributed by atoms with van der Waals surface area (Å²) in [5, 5.41) is 10.9. The van der Waals surface area contributed by atoms with E-state index in [0.717, 1.165) is 51.1 Å². The smallest absolute Gasteiger partial charge is 0.216 e. The molecule has 5 heteroatoms. The minimum atomic E-state index is -0.863. The van der Waals surface area contributed by atoms with Gasteiger partial charge in [-0.15, -0.1) is 0 Å². The van der Waals surface area contributed by atoms with Crippen molar-refractivity contribution in [3.63, 3.8) is 0 Å². The number of aliphatic hydroxyl groups is 1. The summed E-state index contributed by atoms with van der Waals surface area (Å²) in [6.45, 7) is 9.27. The number of ether oxygens (including phenoxy) is 1. The first-order valence-electron chi connectivity index (χ1n) is 11.9. The Labute approximate surface area is 186 Å². The van der Waals surface area contributed by atoms with Crippen molar-refractivity contribution in [1.29, 1.82) is 0 Å². The van der Waals surface area contributed by atoms with Crippen molar-refractivity contribution < 1.29 is 9.84 Å². The summed E-state index contributed by atoms with van der Waals surface area (Å²) in [5.74, 6) is 0.619. The Morgan fingerprint density at radius 2 is 1.81 bits per heavy atom. The minimum absolute atomic E-state index is 0.251. The third kappa shape index (κ3) is 4.37. The highest BCUT2D eigenvalue weighted by Crippen LogP contribution is 2.50. The monoisotopic (exact) mass is 421 g/mol. The van der Waals surface area contributed by atoms with E-state index in [2.05, 4.69) is 39.8 Å². The van der Waals surface area contributed by atoms with Gasteiger partial charge in [-0.1, -0.05) is 43.3 Å². The molecule has 2 saturated heterocycles. The van der Waals surface area contributed by atoms with E-state index in [-0.39, 0.29) is 6.04 Å². The van der Waals surface area contributed by atoms with Crippen molar-refractivity contribution in [3.8, 4) is 0 Å². The number of hydrogen-bond acceptors (Lipinski definition) is 5. The number of rotatable bonds is 7. The maximum absolute atomic E-state index is 10.9. The second-order valence-corrected chi connectivity index (χ2v) is 9.24. The van der Waals surface area contributed by atoms with Crippen LogP contribution in [0.25, 0.3) is 0 Å². The normalized spacial score (nSPS) is 24.9. The molecule has 2 aliphatic heterocycles. The van der Waals surface area contributed by atoms with Crippen molar-refractivity contribution in [1.82, 2.24) is 9.80 Å². The van der Waals surface area contributed by atoms with Crippen LogP contribution in [0.3, 0.4) is 0 Å². The van der Waals surface area contributed by atoms with E-state index in [1.54, 1.807) is 0 Å². The number of benzene rings is 2. The average Bonchev–Trinajstić information content (AvgIpc) is 3.10. The fraction of sp³-hybridized carbons (Fsp3) is 0.538. The Balaban J connectivity index is 1.28. The van der Waals surface area contributed by atoms with Crippen LogP contribution in [0.4, 0.5) is 5.69 Å². The number of hydrogen-bond donors (Lipinski definition) is 1. The molecular weight excluding hydrogens is 386 g/mol. The Morgan fingerprint density at radius 3 is 2.58 bits per heavy atom. The molecule has 1 aliphatic carbocycles. The number of anilines is 1. The first-order chi connectivity index (χ1) is 15.2.